The molecule has 82 valence electrons. The summed E-state index contributed by atoms with van der Waals surface area (Å²) in [6.07, 6.45) is 15.9. The molecule has 0 aromatic rings. The quantitative estimate of drug-likeness (QED) is 0.523. The fourth-order valence-electron chi connectivity index (χ4n) is 3.61. The Kier molecular flexibility index (Phi) is 2.68. The van der Waals surface area contributed by atoms with Crippen LogP contribution in [-0.2, 0) is 0 Å². The third kappa shape index (κ3) is 1.68. The highest BCUT2D eigenvalue weighted by atomic mass is 14.3. The van der Waals surface area contributed by atoms with Gasteiger partial charge in [0.25, 0.3) is 0 Å². The van der Waals surface area contributed by atoms with Gasteiger partial charge >= 0.3 is 0 Å². The zero-order chi connectivity index (χ0) is 10.1. The second-order valence-corrected chi connectivity index (χ2v) is 5.39. The predicted molar refractivity (Wildman–Crippen MR) is 64.8 cm³/mol. The number of rotatable bonds is 0. The molecule has 0 nitrogen and oxygen atoms in total. The molecule has 0 heterocycles. The largest absolute Gasteiger partial charge is 0.0530 e. The highest BCUT2D eigenvalue weighted by Crippen LogP contribution is 2.47. The van der Waals surface area contributed by atoms with Crippen molar-refractivity contribution in [3.05, 3.63) is 22.3 Å². The molecular formula is C15H22. The van der Waals surface area contributed by atoms with Crippen molar-refractivity contribution in [3.63, 3.8) is 0 Å². The van der Waals surface area contributed by atoms with Crippen LogP contribution in [0.4, 0.5) is 0 Å². The monoisotopic (exact) mass is 202 g/mol. The van der Waals surface area contributed by atoms with Crippen molar-refractivity contribution in [1.82, 2.24) is 0 Å². The van der Waals surface area contributed by atoms with E-state index in [0.29, 0.717) is 0 Å². The molecule has 0 N–H and O–H groups in total. The minimum Gasteiger partial charge on any atom is -0.0530 e. The summed E-state index contributed by atoms with van der Waals surface area (Å²) in [6.45, 7) is 0. The molecule has 0 fully saturated rings. The number of hydrogen-bond acceptors (Lipinski definition) is 0. The van der Waals surface area contributed by atoms with E-state index in [9.17, 15) is 0 Å². The molecule has 0 saturated heterocycles. The van der Waals surface area contributed by atoms with Gasteiger partial charge in [0.15, 0.2) is 0 Å². The number of hydrogen-bond donors (Lipinski definition) is 0. The summed E-state index contributed by atoms with van der Waals surface area (Å²) in [5.41, 5.74) is 7.30. The molecule has 3 aliphatic rings. The normalized spacial score (nSPS) is 27.2. The topological polar surface area (TPSA) is 0 Å². The van der Waals surface area contributed by atoms with Crippen molar-refractivity contribution in [3.8, 4) is 0 Å². The van der Waals surface area contributed by atoms with Crippen LogP contribution in [0.15, 0.2) is 22.3 Å². The lowest BCUT2D eigenvalue weighted by molar-refractivity contribution is 0.600. The molecule has 0 atom stereocenters. The van der Waals surface area contributed by atoms with Gasteiger partial charge < -0.3 is 0 Å². The molecule has 0 aromatic heterocycles. The highest BCUT2D eigenvalue weighted by Gasteiger charge is 2.28. The Hall–Kier alpha value is -0.520. The standard InChI is InChI=1S/C15H22/c1-2-5-9-13-12(8-4-1)14-10-6-3-7-11-15(13)14/h1-11H2. The van der Waals surface area contributed by atoms with Gasteiger partial charge in [-0.1, -0.05) is 19.3 Å². The molecule has 0 amide bonds. The van der Waals surface area contributed by atoms with E-state index in [-0.39, 0.29) is 0 Å². The van der Waals surface area contributed by atoms with Crippen LogP contribution in [0.2, 0.25) is 0 Å². The second-order valence-electron chi connectivity index (χ2n) is 5.39. The lowest BCUT2D eigenvalue weighted by Gasteiger charge is -2.32. The van der Waals surface area contributed by atoms with E-state index in [1.54, 1.807) is 0 Å². The molecule has 0 aliphatic heterocycles. The van der Waals surface area contributed by atoms with E-state index in [4.69, 9.17) is 0 Å². The summed E-state index contributed by atoms with van der Waals surface area (Å²) in [6, 6.07) is 0. The van der Waals surface area contributed by atoms with E-state index in [2.05, 4.69) is 0 Å². The summed E-state index contributed by atoms with van der Waals surface area (Å²) >= 11 is 0. The molecule has 3 aliphatic carbocycles. The molecule has 0 bridgehead atoms. The Labute approximate surface area is 93.5 Å². The Morgan fingerprint density at radius 2 is 0.600 bits per heavy atom. The second kappa shape index (κ2) is 4.15. The van der Waals surface area contributed by atoms with Crippen molar-refractivity contribution in [2.24, 2.45) is 0 Å². The van der Waals surface area contributed by atoms with E-state index >= 15 is 0 Å². The average molecular weight is 202 g/mol. The van der Waals surface area contributed by atoms with Gasteiger partial charge in [-0.05, 0) is 73.7 Å². The predicted octanol–water partition coefficient (Wildman–Crippen LogP) is 4.91. The smallest absolute Gasteiger partial charge is 0.0273 e. The van der Waals surface area contributed by atoms with E-state index in [0.717, 1.165) is 0 Å². The maximum absolute atomic E-state index is 1.83. The first-order valence-electron chi connectivity index (χ1n) is 6.91. The summed E-state index contributed by atoms with van der Waals surface area (Å²) in [5, 5.41) is 0. The lowest BCUT2D eigenvalue weighted by Crippen LogP contribution is -2.13. The van der Waals surface area contributed by atoms with Crippen molar-refractivity contribution in [1.29, 1.82) is 0 Å². The summed E-state index contributed by atoms with van der Waals surface area (Å²) in [4.78, 5) is 0. The highest BCUT2D eigenvalue weighted by molar-refractivity contribution is 5.60. The van der Waals surface area contributed by atoms with Crippen LogP contribution in [0.3, 0.4) is 0 Å². The number of fused-ring (bicyclic) bond motifs is 2. The zero-order valence-corrected chi connectivity index (χ0v) is 9.78. The SMILES string of the molecule is C1CCCC2=C(CC1)C1=C2CCCCC1. The lowest BCUT2D eigenvalue weighted by atomic mass is 9.73. The maximum atomic E-state index is 1.83. The fourth-order valence-corrected chi connectivity index (χ4v) is 3.61. The van der Waals surface area contributed by atoms with Crippen LogP contribution >= 0.6 is 0 Å². The van der Waals surface area contributed by atoms with Gasteiger partial charge in [0.2, 0.25) is 0 Å². The van der Waals surface area contributed by atoms with Gasteiger partial charge in [-0.3, -0.25) is 0 Å². The Morgan fingerprint density at radius 3 is 0.933 bits per heavy atom. The van der Waals surface area contributed by atoms with Crippen LogP contribution in [0.1, 0.15) is 70.6 Å². The van der Waals surface area contributed by atoms with E-state index < -0.39 is 0 Å². The summed E-state index contributed by atoms with van der Waals surface area (Å²) < 4.78 is 0. The zero-order valence-electron chi connectivity index (χ0n) is 9.78. The van der Waals surface area contributed by atoms with Gasteiger partial charge in [-0.2, -0.15) is 0 Å². The van der Waals surface area contributed by atoms with Crippen LogP contribution in [0.5, 0.6) is 0 Å². The van der Waals surface area contributed by atoms with Crippen LogP contribution in [0, 0.1) is 0 Å². The van der Waals surface area contributed by atoms with Crippen LogP contribution < -0.4 is 0 Å². The van der Waals surface area contributed by atoms with Gasteiger partial charge in [-0.25, -0.2) is 0 Å². The van der Waals surface area contributed by atoms with Crippen molar-refractivity contribution >= 4 is 0 Å². The van der Waals surface area contributed by atoms with Crippen LogP contribution in [0.25, 0.3) is 0 Å². The average Bonchev–Trinajstić information content (AvgIpc) is 2.40. The number of allylic oxidation sites excluding steroid dienone is 4. The maximum Gasteiger partial charge on any atom is -0.0273 e. The van der Waals surface area contributed by atoms with E-state index in [1.807, 2.05) is 22.3 Å². The molecule has 0 spiro atoms. The minimum absolute atomic E-state index is 1.41. The Morgan fingerprint density at radius 1 is 0.333 bits per heavy atom. The van der Waals surface area contributed by atoms with Gasteiger partial charge in [0.05, 0.1) is 0 Å². The molecule has 0 saturated carbocycles. The van der Waals surface area contributed by atoms with Gasteiger partial charge in [0.1, 0.15) is 0 Å². The third-order valence-electron chi connectivity index (χ3n) is 4.41. The van der Waals surface area contributed by atoms with Gasteiger partial charge in [0, 0.05) is 0 Å². The molecule has 0 radical (unpaired) electrons. The molecule has 3 rings (SSSR count). The van der Waals surface area contributed by atoms with Gasteiger partial charge in [-0.15, -0.1) is 0 Å². The van der Waals surface area contributed by atoms with Crippen molar-refractivity contribution < 1.29 is 0 Å². The third-order valence-corrected chi connectivity index (χ3v) is 4.41. The van der Waals surface area contributed by atoms with Crippen molar-refractivity contribution in [2.45, 2.75) is 70.6 Å². The first-order chi connectivity index (χ1) is 7.47. The molecular weight excluding hydrogens is 180 g/mol. The summed E-state index contributed by atoms with van der Waals surface area (Å²) in [7, 11) is 0. The Bertz CT molecular complexity index is 287. The molecule has 0 aromatic carbocycles. The van der Waals surface area contributed by atoms with Crippen molar-refractivity contribution in [2.75, 3.05) is 0 Å². The first-order valence-corrected chi connectivity index (χ1v) is 6.91. The first kappa shape index (κ1) is 9.69. The summed E-state index contributed by atoms with van der Waals surface area (Å²) in [5.74, 6) is 0. The van der Waals surface area contributed by atoms with E-state index in [1.165, 1.54) is 70.6 Å². The Balaban J connectivity index is 1.80. The molecule has 0 unspecified atom stereocenters. The molecule has 15 heavy (non-hydrogen) atoms. The molecule has 0 heteroatoms. The minimum atomic E-state index is 1.41. The van der Waals surface area contributed by atoms with Crippen LogP contribution in [-0.4, -0.2) is 0 Å². The fraction of sp³-hybridized carbons (Fsp3) is 0.733.